The number of aryl methyl sites for hydroxylation is 2. The number of fused-ring (bicyclic) bond motifs is 1. The quantitative estimate of drug-likeness (QED) is 0.782. The van der Waals surface area contributed by atoms with Crippen molar-refractivity contribution in [2.75, 3.05) is 11.9 Å². The van der Waals surface area contributed by atoms with E-state index < -0.39 is 0 Å². The van der Waals surface area contributed by atoms with Gasteiger partial charge < -0.3 is 5.32 Å². The Morgan fingerprint density at radius 3 is 2.90 bits per heavy atom. The highest BCUT2D eigenvalue weighted by atomic mass is 32.1. The van der Waals surface area contributed by atoms with E-state index >= 15 is 0 Å². The van der Waals surface area contributed by atoms with Gasteiger partial charge in [-0.1, -0.05) is 13.8 Å². The van der Waals surface area contributed by atoms with Crippen LogP contribution in [0.4, 0.5) is 5.95 Å². The van der Waals surface area contributed by atoms with Gasteiger partial charge in [0, 0.05) is 30.2 Å². The third-order valence-electron chi connectivity index (χ3n) is 3.29. The molecule has 0 aliphatic heterocycles. The molecule has 21 heavy (non-hydrogen) atoms. The van der Waals surface area contributed by atoms with Crippen molar-refractivity contribution in [3.63, 3.8) is 0 Å². The standard InChI is InChI=1S/C15H19N5S/c1-4-6-17-15-18-13(20-8-7-16-12(20)5-2)11-9-10(3)21-14(11)19-15/h7-9H,4-6H2,1-3H3,(H,17,18,19). The molecule has 0 saturated carbocycles. The first-order chi connectivity index (χ1) is 10.2. The van der Waals surface area contributed by atoms with Crippen LogP contribution in [-0.4, -0.2) is 26.1 Å². The van der Waals surface area contributed by atoms with E-state index in [9.17, 15) is 0 Å². The van der Waals surface area contributed by atoms with Crippen LogP contribution in [0.2, 0.25) is 0 Å². The molecule has 0 aliphatic carbocycles. The minimum Gasteiger partial charge on any atom is -0.354 e. The Morgan fingerprint density at radius 2 is 2.14 bits per heavy atom. The fourth-order valence-corrected chi connectivity index (χ4v) is 3.19. The number of nitrogens with one attached hydrogen (secondary N) is 1. The van der Waals surface area contributed by atoms with Crippen molar-refractivity contribution < 1.29 is 0 Å². The van der Waals surface area contributed by atoms with Gasteiger partial charge in [0.15, 0.2) is 5.82 Å². The average molecular weight is 301 g/mol. The van der Waals surface area contributed by atoms with E-state index in [1.807, 2.05) is 12.4 Å². The Balaban J connectivity index is 2.18. The lowest BCUT2D eigenvalue weighted by molar-refractivity contribution is 0.867. The molecule has 0 saturated heterocycles. The number of thiophene rings is 1. The van der Waals surface area contributed by atoms with Crippen LogP contribution in [0, 0.1) is 6.92 Å². The summed E-state index contributed by atoms with van der Waals surface area (Å²) in [5.74, 6) is 2.62. The average Bonchev–Trinajstić information content (AvgIpc) is 3.08. The topological polar surface area (TPSA) is 55.6 Å². The zero-order chi connectivity index (χ0) is 14.8. The molecule has 0 bridgehead atoms. The lowest BCUT2D eigenvalue weighted by Crippen LogP contribution is -2.08. The first kappa shape index (κ1) is 14.0. The summed E-state index contributed by atoms with van der Waals surface area (Å²) in [6.07, 6.45) is 5.72. The zero-order valence-electron chi connectivity index (χ0n) is 12.6. The first-order valence-corrected chi connectivity index (χ1v) is 8.09. The summed E-state index contributed by atoms with van der Waals surface area (Å²) in [5, 5.41) is 4.38. The molecule has 110 valence electrons. The van der Waals surface area contributed by atoms with Crippen LogP contribution in [0.3, 0.4) is 0 Å². The molecule has 0 fully saturated rings. The van der Waals surface area contributed by atoms with Gasteiger partial charge >= 0.3 is 0 Å². The minimum atomic E-state index is 0.692. The van der Waals surface area contributed by atoms with Crippen LogP contribution in [-0.2, 0) is 6.42 Å². The molecule has 3 rings (SSSR count). The summed E-state index contributed by atoms with van der Waals surface area (Å²) >= 11 is 1.70. The van der Waals surface area contributed by atoms with Crippen LogP contribution in [0.5, 0.6) is 0 Å². The predicted molar refractivity (Wildman–Crippen MR) is 87.4 cm³/mol. The van der Waals surface area contributed by atoms with E-state index in [0.717, 1.165) is 41.2 Å². The number of anilines is 1. The summed E-state index contributed by atoms with van der Waals surface area (Å²) < 4.78 is 2.06. The van der Waals surface area contributed by atoms with Crippen molar-refractivity contribution in [3.8, 4) is 5.82 Å². The highest BCUT2D eigenvalue weighted by Gasteiger charge is 2.14. The number of hydrogen-bond donors (Lipinski definition) is 1. The summed E-state index contributed by atoms with van der Waals surface area (Å²) in [4.78, 5) is 16.0. The second kappa shape index (κ2) is 5.81. The smallest absolute Gasteiger partial charge is 0.226 e. The number of hydrogen-bond acceptors (Lipinski definition) is 5. The monoisotopic (exact) mass is 301 g/mol. The van der Waals surface area contributed by atoms with Gasteiger partial charge in [-0.25, -0.2) is 9.97 Å². The second-order valence-corrected chi connectivity index (χ2v) is 6.18. The molecule has 0 unspecified atom stereocenters. The summed E-state index contributed by atoms with van der Waals surface area (Å²) in [5.41, 5.74) is 0. The molecule has 3 aromatic rings. The number of imidazole rings is 1. The molecule has 0 amide bonds. The van der Waals surface area contributed by atoms with Gasteiger partial charge in [0.1, 0.15) is 10.7 Å². The molecule has 5 nitrogen and oxygen atoms in total. The fraction of sp³-hybridized carbons (Fsp3) is 0.400. The van der Waals surface area contributed by atoms with E-state index in [4.69, 9.17) is 4.98 Å². The van der Waals surface area contributed by atoms with E-state index in [1.54, 1.807) is 11.3 Å². The van der Waals surface area contributed by atoms with E-state index in [0.29, 0.717) is 5.95 Å². The molecule has 6 heteroatoms. The van der Waals surface area contributed by atoms with Crippen LogP contribution >= 0.6 is 11.3 Å². The van der Waals surface area contributed by atoms with E-state index in [-0.39, 0.29) is 0 Å². The molecule has 3 aromatic heterocycles. The molecule has 0 radical (unpaired) electrons. The zero-order valence-corrected chi connectivity index (χ0v) is 13.4. The summed E-state index contributed by atoms with van der Waals surface area (Å²) in [6.45, 7) is 7.21. The highest BCUT2D eigenvalue weighted by Crippen LogP contribution is 2.29. The van der Waals surface area contributed by atoms with Gasteiger partial charge in [0.25, 0.3) is 0 Å². The SMILES string of the molecule is CCCNc1nc(-n2ccnc2CC)c2cc(C)sc2n1. The van der Waals surface area contributed by atoms with Gasteiger partial charge in [0.2, 0.25) is 5.95 Å². The van der Waals surface area contributed by atoms with Crippen molar-refractivity contribution in [1.29, 1.82) is 0 Å². The summed E-state index contributed by atoms with van der Waals surface area (Å²) in [7, 11) is 0. The van der Waals surface area contributed by atoms with Gasteiger partial charge in [-0.15, -0.1) is 11.3 Å². The maximum Gasteiger partial charge on any atom is 0.226 e. The van der Waals surface area contributed by atoms with Gasteiger partial charge in [0.05, 0.1) is 5.39 Å². The van der Waals surface area contributed by atoms with Crippen molar-refractivity contribution in [3.05, 3.63) is 29.2 Å². The Kier molecular flexibility index (Phi) is 3.88. The maximum atomic E-state index is 4.71. The predicted octanol–water partition coefficient (Wildman–Crippen LogP) is 3.57. The van der Waals surface area contributed by atoms with Crippen molar-refractivity contribution in [2.24, 2.45) is 0 Å². The molecular weight excluding hydrogens is 282 g/mol. The molecular formula is C15H19N5S. The van der Waals surface area contributed by atoms with Crippen LogP contribution in [0.15, 0.2) is 18.5 Å². The van der Waals surface area contributed by atoms with Gasteiger partial charge in [-0.3, -0.25) is 4.57 Å². The Morgan fingerprint density at radius 1 is 1.29 bits per heavy atom. The third kappa shape index (κ3) is 2.63. The molecule has 3 heterocycles. The first-order valence-electron chi connectivity index (χ1n) is 7.27. The number of rotatable bonds is 5. The Bertz CT molecular complexity index is 759. The molecule has 0 aliphatic rings. The third-order valence-corrected chi connectivity index (χ3v) is 4.24. The minimum absolute atomic E-state index is 0.692. The highest BCUT2D eigenvalue weighted by molar-refractivity contribution is 7.18. The fourth-order valence-electron chi connectivity index (χ4n) is 2.32. The number of aromatic nitrogens is 4. The molecule has 0 atom stereocenters. The van der Waals surface area contributed by atoms with Gasteiger partial charge in [-0.05, 0) is 19.4 Å². The Labute approximate surface area is 128 Å². The van der Waals surface area contributed by atoms with Crippen LogP contribution in [0.1, 0.15) is 31.0 Å². The largest absolute Gasteiger partial charge is 0.354 e. The lowest BCUT2D eigenvalue weighted by atomic mass is 10.3. The van der Waals surface area contributed by atoms with E-state index in [2.05, 4.69) is 46.7 Å². The van der Waals surface area contributed by atoms with Crippen LogP contribution in [0.25, 0.3) is 16.0 Å². The normalized spacial score (nSPS) is 11.2. The second-order valence-electron chi connectivity index (χ2n) is 4.94. The molecule has 0 spiro atoms. The van der Waals surface area contributed by atoms with Gasteiger partial charge in [-0.2, -0.15) is 4.98 Å². The summed E-state index contributed by atoms with van der Waals surface area (Å²) in [6, 6.07) is 2.15. The Hall–Kier alpha value is -1.95. The van der Waals surface area contributed by atoms with Crippen LogP contribution < -0.4 is 5.32 Å². The maximum absolute atomic E-state index is 4.71. The van der Waals surface area contributed by atoms with Crippen molar-refractivity contribution in [2.45, 2.75) is 33.6 Å². The molecule has 1 N–H and O–H groups in total. The van der Waals surface area contributed by atoms with Crippen molar-refractivity contribution in [1.82, 2.24) is 19.5 Å². The number of nitrogens with zero attached hydrogens (tertiary/aromatic N) is 4. The van der Waals surface area contributed by atoms with E-state index in [1.165, 1.54) is 4.88 Å². The van der Waals surface area contributed by atoms with Crippen molar-refractivity contribution >= 4 is 27.5 Å². The lowest BCUT2D eigenvalue weighted by Gasteiger charge is -2.10. The molecule has 0 aromatic carbocycles.